The van der Waals surface area contributed by atoms with Crippen LogP contribution in [0.1, 0.15) is 50.7 Å². The van der Waals surface area contributed by atoms with Crippen LogP contribution < -0.4 is 4.74 Å². The predicted molar refractivity (Wildman–Crippen MR) is 75.4 cm³/mol. The van der Waals surface area contributed by atoms with Crippen molar-refractivity contribution in [3.63, 3.8) is 0 Å². The number of hydrogen-bond acceptors (Lipinski definition) is 3. The molecule has 1 aromatic carbocycles. The molecule has 0 aliphatic carbocycles. The Morgan fingerprint density at radius 3 is 3.00 bits per heavy atom. The molecule has 1 N–H and O–H groups in total. The molecule has 1 aromatic rings. The lowest BCUT2D eigenvalue weighted by Crippen LogP contribution is -2.08. The van der Waals surface area contributed by atoms with Gasteiger partial charge in [0.2, 0.25) is 0 Å². The number of hydrogen-bond donors (Lipinski definition) is 1. The Labute approximate surface area is 115 Å². The van der Waals surface area contributed by atoms with Crippen molar-refractivity contribution in [1.82, 2.24) is 0 Å². The van der Waals surface area contributed by atoms with Gasteiger partial charge in [0.25, 0.3) is 0 Å². The first-order valence-electron chi connectivity index (χ1n) is 7.32. The Kier molecular flexibility index (Phi) is 5.67. The van der Waals surface area contributed by atoms with Gasteiger partial charge in [-0.15, -0.1) is 0 Å². The molecule has 0 saturated carbocycles. The summed E-state index contributed by atoms with van der Waals surface area (Å²) in [6, 6.07) is 7.75. The summed E-state index contributed by atoms with van der Waals surface area (Å²) >= 11 is 0. The number of aliphatic hydroxyl groups is 1. The molecule has 0 radical (unpaired) electrons. The van der Waals surface area contributed by atoms with Gasteiger partial charge in [-0.3, -0.25) is 0 Å². The van der Waals surface area contributed by atoms with Gasteiger partial charge >= 0.3 is 0 Å². The van der Waals surface area contributed by atoms with Crippen LogP contribution in [0, 0.1) is 0 Å². The molecule has 2 rings (SSSR count). The van der Waals surface area contributed by atoms with Crippen LogP contribution in [0.25, 0.3) is 0 Å². The van der Waals surface area contributed by atoms with E-state index in [9.17, 15) is 5.11 Å². The molecule has 3 heteroatoms. The van der Waals surface area contributed by atoms with Gasteiger partial charge in [0.15, 0.2) is 0 Å². The molecule has 106 valence electrons. The van der Waals surface area contributed by atoms with E-state index in [4.69, 9.17) is 9.47 Å². The first kappa shape index (κ1) is 14.4. The first-order valence-corrected chi connectivity index (χ1v) is 7.32. The van der Waals surface area contributed by atoms with Crippen molar-refractivity contribution in [3.05, 3.63) is 29.8 Å². The average Bonchev–Trinajstić information content (AvgIpc) is 2.96. The normalized spacial score (nSPS) is 20.4. The van der Waals surface area contributed by atoms with Gasteiger partial charge in [-0.1, -0.05) is 25.1 Å². The fourth-order valence-corrected chi connectivity index (χ4v) is 2.47. The Morgan fingerprint density at radius 2 is 2.26 bits per heavy atom. The smallest absolute Gasteiger partial charge is 0.125 e. The second-order valence-electron chi connectivity index (χ2n) is 5.09. The molecule has 1 unspecified atom stereocenters. The van der Waals surface area contributed by atoms with Crippen LogP contribution in [0.4, 0.5) is 0 Å². The molecule has 1 saturated heterocycles. The minimum Gasteiger partial charge on any atom is -0.493 e. The molecule has 1 aliphatic rings. The number of para-hydroxylation sites is 1. The lowest BCUT2D eigenvalue weighted by atomic mass is 10.1. The van der Waals surface area contributed by atoms with E-state index in [1.165, 1.54) is 12.8 Å². The number of rotatable bonds is 7. The second-order valence-corrected chi connectivity index (χ2v) is 5.09. The van der Waals surface area contributed by atoms with Crippen molar-refractivity contribution < 1.29 is 14.6 Å². The van der Waals surface area contributed by atoms with Crippen LogP contribution in [-0.2, 0) is 4.74 Å². The van der Waals surface area contributed by atoms with Crippen LogP contribution in [0.15, 0.2) is 24.3 Å². The van der Waals surface area contributed by atoms with Gasteiger partial charge in [-0.25, -0.2) is 0 Å². The minimum absolute atomic E-state index is 0.431. The Balaban J connectivity index is 1.78. The topological polar surface area (TPSA) is 38.7 Å². The molecule has 1 aliphatic heterocycles. The maximum atomic E-state index is 9.94. The maximum absolute atomic E-state index is 9.94. The zero-order valence-corrected chi connectivity index (χ0v) is 11.7. The molecule has 19 heavy (non-hydrogen) atoms. The lowest BCUT2D eigenvalue weighted by molar-refractivity contribution is 0.0977. The van der Waals surface area contributed by atoms with E-state index < -0.39 is 6.10 Å². The third-order valence-electron chi connectivity index (χ3n) is 3.62. The van der Waals surface area contributed by atoms with Gasteiger partial charge in [-0.2, -0.15) is 0 Å². The zero-order chi connectivity index (χ0) is 13.5. The van der Waals surface area contributed by atoms with Gasteiger partial charge in [-0.05, 0) is 38.2 Å². The van der Waals surface area contributed by atoms with E-state index in [-0.39, 0.29) is 0 Å². The Bertz CT molecular complexity index is 372. The second kappa shape index (κ2) is 7.51. The maximum Gasteiger partial charge on any atom is 0.125 e. The Hall–Kier alpha value is -1.06. The van der Waals surface area contributed by atoms with E-state index in [0.717, 1.165) is 30.8 Å². The molecular formula is C16H24O3. The summed E-state index contributed by atoms with van der Waals surface area (Å²) in [5.41, 5.74) is 0.891. The number of ether oxygens (including phenoxy) is 2. The predicted octanol–water partition coefficient (Wildman–Crippen LogP) is 3.47. The van der Waals surface area contributed by atoms with Crippen LogP contribution in [-0.4, -0.2) is 24.4 Å². The number of benzene rings is 1. The van der Waals surface area contributed by atoms with Gasteiger partial charge in [0.1, 0.15) is 5.75 Å². The van der Waals surface area contributed by atoms with Gasteiger partial charge in [0, 0.05) is 12.2 Å². The van der Waals surface area contributed by atoms with Crippen molar-refractivity contribution in [1.29, 1.82) is 0 Å². The van der Waals surface area contributed by atoms with E-state index >= 15 is 0 Å². The summed E-state index contributed by atoms with van der Waals surface area (Å²) in [6.07, 6.45) is 5.15. The van der Waals surface area contributed by atoms with E-state index in [2.05, 4.69) is 0 Å². The van der Waals surface area contributed by atoms with Crippen LogP contribution >= 0.6 is 0 Å². The summed E-state index contributed by atoms with van der Waals surface area (Å²) in [5, 5.41) is 9.94. The monoisotopic (exact) mass is 264 g/mol. The first-order chi connectivity index (χ1) is 9.31. The molecule has 0 aromatic heterocycles. The summed E-state index contributed by atoms with van der Waals surface area (Å²) in [5.74, 6) is 0.809. The summed E-state index contributed by atoms with van der Waals surface area (Å²) in [6.45, 7) is 3.57. The SMILES string of the molecule is CC[C@@H](O)c1ccccc1OCCCC1CCCO1. The van der Waals surface area contributed by atoms with E-state index in [1.54, 1.807) is 0 Å². The zero-order valence-electron chi connectivity index (χ0n) is 11.7. The molecule has 0 amide bonds. The summed E-state index contributed by atoms with van der Waals surface area (Å²) in [7, 11) is 0. The van der Waals surface area contributed by atoms with Crippen LogP contribution in [0.3, 0.4) is 0 Å². The van der Waals surface area contributed by atoms with Gasteiger partial charge in [0.05, 0.1) is 18.8 Å². The highest BCUT2D eigenvalue weighted by Crippen LogP contribution is 2.27. The van der Waals surface area contributed by atoms with Crippen molar-refractivity contribution >= 4 is 0 Å². The van der Waals surface area contributed by atoms with Crippen molar-refractivity contribution in [2.24, 2.45) is 0 Å². The summed E-state index contributed by atoms with van der Waals surface area (Å²) < 4.78 is 11.4. The quantitative estimate of drug-likeness (QED) is 0.766. The third-order valence-corrected chi connectivity index (χ3v) is 3.62. The molecule has 1 heterocycles. The third kappa shape index (κ3) is 4.22. The van der Waals surface area contributed by atoms with Crippen LogP contribution in [0.5, 0.6) is 5.75 Å². The van der Waals surface area contributed by atoms with Gasteiger partial charge < -0.3 is 14.6 Å². The van der Waals surface area contributed by atoms with Crippen molar-refractivity contribution in [2.45, 2.75) is 51.2 Å². The fraction of sp³-hybridized carbons (Fsp3) is 0.625. The summed E-state index contributed by atoms with van der Waals surface area (Å²) in [4.78, 5) is 0. The highest BCUT2D eigenvalue weighted by Gasteiger charge is 2.15. The van der Waals surface area contributed by atoms with E-state index in [1.807, 2.05) is 31.2 Å². The standard InChI is InChI=1S/C16H24O3/c1-2-15(17)14-9-3-4-10-16(14)19-12-6-8-13-7-5-11-18-13/h3-4,9-10,13,15,17H,2,5-8,11-12H2,1H3/t13?,15-/m1/s1. The minimum atomic E-state index is -0.436. The average molecular weight is 264 g/mol. The highest BCUT2D eigenvalue weighted by atomic mass is 16.5. The highest BCUT2D eigenvalue weighted by molar-refractivity contribution is 5.34. The largest absolute Gasteiger partial charge is 0.493 e. The molecular weight excluding hydrogens is 240 g/mol. The van der Waals surface area contributed by atoms with E-state index in [0.29, 0.717) is 19.1 Å². The van der Waals surface area contributed by atoms with Crippen LogP contribution in [0.2, 0.25) is 0 Å². The van der Waals surface area contributed by atoms with Crippen molar-refractivity contribution in [3.8, 4) is 5.75 Å². The molecule has 0 bridgehead atoms. The lowest BCUT2D eigenvalue weighted by Gasteiger charge is -2.15. The van der Waals surface area contributed by atoms with Crippen molar-refractivity contribution in [2.75, 3.05) is 13.2 Å². The Morgan fingerprint density at radius 1 is 1.42 bits per heavy atom. The molecule has 2 atom stereocenters. The molecule has 1 fully saturated rings. The molecule has 3 nitrogen and oxygen atoms in total. The fourth-order valence-electron chi connectivity index (χ4n) is 2.47. The molecule has 0 spiro atoms. The number of aliphatic hydroxyl groups excluding tert-OH is 1.